The van der Waals surface area contributed by atoms with E-state index >= 15 is 0 Å². The molecule has 0 fully saturated rings. The summed E-state index contributed by atoms with van der Waals surface area (Å²) in [5, 5.41) is 0. The third-order valence-electron chi connectivity index (χ3n) is 1.85. The summed E-state index contributed by atoms with van der Waals surface area (Å²) in [5.41, 5.74) is 1.01. The molecule has 0 bridgehead atoms. The van der Waals surface area contributed by atoms with Crippen molar-refractivity contribution in [3.8, 4) is 5.75 Å². The van der Waals surface area contributed by atoms with Gasteiger partial charge in [-0.15, -0.1) is 0 Å². The zero-order chi connectivity index (χ0) is 9.80. The van der Waals surface area contributed by atoms with E-state index in [2.05, 4.69) is 16.6 Å². The molecule has 0 spiro atoms. The first-order valence-electron chi connectivity index (χ1n) is 4.32. The molecule has 0 radical (unpaired) electrons. The zero-order valence-corrected chi connectivity index (χ0v) is 7.68. The lowest BCUT2D eigenvalue weighted by molar-refractivity contribution is 0.440. The molecule has 0 aliphatic carbocycles. The monoisotopic (exact) mass is 186 g/mol. The normalized spacial score (nSPS) is 19.6. The molecule has 70 valence electrons. The summed E-state index contributed by atoms with van der Waals surface area (Å²) in [5.74, 6) is 1.31. The molecule has 0 N–H and O–H groups in total. The number of nitrogens with zero attached hydrogens (tertiary/aromatic N) is 2. The lowest BCUT2D eigenvalue weighted by Gasteiger charge is -2.07. The van der Waals surface area contributed by atoms with E-state index < -0.39 is 0 Å². The van der Waals surface area contributed by atoms with E-state index in [1.807, 2.05) is 12.1 Å². The van der Waals surface area contributed by atoms with Gasteiger partial charge in [0.05, 0.1) is 12.7 Å². The number of fused-ring (bicyclic) bond motifs is 1. The quantitative estimate of drug-likeness (QED) is 0.622. The maximum atomic E-state index is 5.49. The summed E-state index contributed by atoms with van der Waals surface area (Å²) < 4.78 is 5.49. The van der Waals surface area contributed by atoms with E-state index in [0.717, 1.165) is 11.3 Å². The summed E-state index contributed by atoms with van der Waals surface area (Å²) >= 11 is 0. The molecular weight excluding hydrogens is 176 g/mol. The number of aromatic nitrogens is 1. The van der Waals surface area contributed by atoms with Gasteiger partial charge in [-0.3, -0.25) is 9.98 Å². The Balaban J connectivity index is 2.39. The molecule has 1 aromatic heterocycles. The van der Waals surface area contributed by atoms with Crippen LogP contribution in [0.15, 0.2) is 47.9 Å². The number of hydrogen-bond donors (Lipinski definition) is 0. The molecule has 1 aliphatic rings. The van der Waals surface area contributed by atoms with Gasteiger partial charge in [0.2, 0.25) is 0 Å². The first-order valence-corrected chi connectivity index (χ1v) is 4.32. The van der Waals surface area contributed by atoms with E-state index in [1.165, 1.54) is 0 Å². The average Bonchev–Trinajstić information content (AvgIpc) is 2.27. The van der Waals surface area contributed by atoms with Crippen molar-refractivity contribution < 1.29 is 4.74 Å². The minimum absolute atomic E-state index is 0.590. The second-order valence-corrected chi connectivity index (χ2v) is 2.90. The molecule has 14 heavy (non-hydrogen) atoms. The minimum Gasteiger partial charge on any atom is -0.456 e. The van der Waals surface area contributed by atoms with Crippen LogP contribution in [0.5, 0.6) is 5.75 Å². The highest BCUT2D eigenvalue weighted by Gasteiger charge is 2.04. The maximum Gasteiger partial charge on any atom is 0.150 e. The second-order valence-electron chi connectivity index (χ2n) is 2.90. The Morgan fingerprint density at radius 1 is 1.43 bits per heavy atom. The maximum absolute atomic E-state index is 5.49. The van der Waals surface area contributed by atoms with Crippen LogP contribution in [0.3, 0.4) is 0 Å². The Labute approximate surface area is 82.5 Å². The van der Waals surface area contributed by atoms with E-state index in [4.69, 9.17) is 4.74 Å². The Morgan fingerprint density at radius 2 is 2.36 bits per heavy atom. The Bertz CT molecular complexity index is 408. The molecule has 0 atom stereocenters. The van der Waals surface area contributed by atoms with Crippen LogP contribution in [0.4, 0.5) is 0 Å². The van der Waals surface area contributed by atoms with Crippen molar-refractivity contribution in [1.82, 2.24) is 4.98 Å². The average molecular weight is 186 g/mol. The summed E-state index contributed by atoms with van der Waals surface area (Å²) in [6.45, 7) is 4.36. The summed E-state index contributed by atoms with van der Waals surface area (Å²) in [6.07, 6.45) is 8.72. The lowest BCUT2D eigenvalue weighted by atomic mass is 10.2. The van der Waals surface area contributed by atoms with Crippen LogP contribution < -0.4 is 4.74 Å². The standard InChI is InChI=1S/C11H10N2O/c1-9-3-2-5-12-7-10-4-6-13-8-11(10)14-9/h2-6,8H,1,7H2/b3-2-,12-5-. The van der Waals surface area contributed by atoms with E-state index in [1.54, 1.807) is 24.7 Å². The predicted octanol–water partition coefficient (Wildman–Crippen LogP) is 2.11. The van der Waals surface area contributed by atoms with Crippen LogP contribution in [-0.4, -0.2) is 11.2 Å². The first kappa shape index (κ1) is 8.69. The van der Waals surface area contributed by atoms with Crippen LogP contribution >= 0.6 is 0 Å². The molecule has 0 saturated heterocycles. The molecule has 0 amide bonds. The number of rotatable bonds is 0. The van der Waals surface area contributed by atoms with Crippen molar-refractivity contribution in [2.24, 2.45) is 4.99 Å². The summed E-state index contributed by atoms with van der Waals surface area (Å²) in [4.78, 5) is 8.20. The SMILES string of the molecule is C=C1/C=C\C=N/Cc2ccncc2O1. The first-order chi connectivity index (χ1) is 6.86. The third kappa shape index (κ3) is 1.88. The molecule has 1 aromatic rings. The molecule has 1 aliphatic heterocycles. The van der Waals surface area contributed by atoms with Gasteiger partial charge in [-0.2, -0.15) is 0 Å². The molecule has 0 saturated carbocycles. The molecule has 2 rings (SSSR count). The largest absolute Gasteiger partial charge is 0.456 e. The van der Waals surface area contributed by atoms with Gasteiger partial charge in [0.25, 0.3) is 0 Å². The van der Waals surface area contributed by atoms with Crippen molar-refractivity contribution in [2.45, 2.75) is 6.54 Å². The van der Waals surface area contributed by atoms with Gasteiger partial charge in [-0.1, -0.05) is 6.58 Å². The van der Waals surface area contributed by atoms with Gasteiger partial charge in [0.1, 0.15) is 5.76 Å². The predicted molar refractivity (Wildman–Crippen MR) is 55.3 cm³/mol. The van der Waals surface area contributed by atoms with Gasteiger partial charge in [0, 0.05) is 18.0 Å². The highest BCUT2D eigenvalue weighted by Crippen LogP contribution is 2.20. The topological polar surface area (TPSA) is 34.5 Å². The number of allylic oxidation sites excluding steroid dienone is 2. The van der Waals surface area contributed by atoms with Gasteiger partial charge >= 0.3 is 0 Å². The Hall–Kier alpha value is -1.90. The summed E-state index contributed by atoms with van der Waals surface area (Å²) in [6, 6.07) is 1.89. The molecule has 0 aromatic carbocycles. The minimum atomic E-state index is 0.590. The van der Waals surface area contributed by atoms with Crippen LogP contribution in [0.2, 0.25) is 0 Å². The van der Waals surface area contributed by atoms with E-state index in [9.17, 15) is 0 Å². The van der Waals surface area contributed by atoms with Crippen LogP contribution in [-0.2, 0) is 6.54 Å². The molecule has 3 nitrogen and oxygen atoms in total. The van der Waals surface area contributed by atoms with Crippen molar-refractivity contribution in [3.63, 3.8) is 0 Å². The highest BCUT2D eigenvalue weighted by molar-refractivity contribution is 5.72. The molecular formula is C11H10N2O. The Kier molecular flexibility index (Phi) is 2.40. The smallest absolute Gasteiger partial charge is 0.150 e. The van der Waals surface area contributed by atoms with Gasteiger partial charge in [-0.05, 0) is 18.2 Å². The Morgan fingerprint density at radius 3 is 3.29 bits per heavy atom. The number of hydrogen-bond acceptors (Lipinski definition) is 3. The van der Waals surface area contributed by atoms with Crippen molar-refractivity contribution in [3.05, 3.63) is 48.5 Å². The van der Waals surface area contributed by atoms with Crippen LogP contribution in [0, 0.1) is 0 Å². The highest BCUT2D eigenvalue weighted by atomic mass is 16.5. The fourth-order valence-electron chi connectivity index (χ4n) is 1.17. The van der Waals surface area contributed by atoms with Crippen LogP contribution in [0.25, 0.3) is 0 Å². The second kappa shape index (κ2) is 3.87. The third-order valence-corrected chi connectivity index (χ3v) is 1.85. The van der Waals surface area contributed by atoms with Gasteiger partial charge in [0.15, 0.2) is 5.75 Å². The van der Waals surface area contributed by atoms with Crippen molar-refractivity contribution in [2.75, 3.05) is 0 Å². The molecule has 2 heterocycles. The van der Waals surface area contributed by atoms with E-state index in [0.29, 0.717) is 12.3 Å². The van der Waals surface area contributed by atoms with Crippen molar-refractivity contribution >= 4 is 6.21 Å². The summed E-state index contributed by atoms with van der Waals surface area (Å²) in [7, 11) is 0. The van der Waals surface area contributed by atoms with Gasteiger partial charge in [-0.25, -0.2) is 0 Å². The number of aliphatic imine (C=N–C) groups is 1. The lowest BCUT2D eigenvalue weighted by Crippen LogP contribution is -1.94. The molecule has 0 unspecified atom stereocenters. The van der Waals surface area contributed by atoms with Gasteiger partial charge < -0.3 is 4.74 Å². The fraction of sp³-hybridized carbons (Fsp3) is 0.0909. The number of pyridine rings is 1. The van der Waals surface area contributed by atoms with Crippen molar-refractivity contribution in [1.29, 1.82) is 0 Å². The van der Waals surface area contributed by atoms with Crippen LogP contribution in [0.1, 0.15) is 5.56 Å². The molecule has 3 heteroatoms. The number of ether oxygens (including phenoxy) is 1. The van der Waals surface area contributed by atoms with E-state index in [-0.39, 0.29) is 0 Å². The zero-order valence-electron chi connectivity index (χ0n) is 7.68. The fourth-order valence-corrected chi connectivity index (χ4v) is 1.17.